The molecule has 7 heteroatoms. The van der Waals surface area contributed by atoms with E-state index in [1.807, 2.05) is 35.9 Å². The molecular formula is C17H12Cl2N4O. The van der Waals surface area contributed by atoms with Gasteiger partial charge in [-0.25, -0.2) is 0 Å². The van der Waals surface area contributed by atoms with E-state index < -0.39 is 0 Å². The summed E-state index contributed by atoms with van der Waals surface area (Å²) in [5.74, 6) is 1.77. The lowest BCUT2D eigenvalue weighted by molar-refractivity contribution is 0.291. The molecule has 0 saturated carbocycles. The van der Waals surface area contributed by atoms with Gasteiger partial charge in [-0.05, 0) is 30.3 Å². The number of halogens is 2. The predicted molar refractivity (Wildman–Crippen MR) is 91.9 cm³/mol. The molecule has 3 aromatic rings. The molecule has 0 saturated heterocycles. The first-order valence-electron chi connectivity index (χ1n) is 7.05. The van der Waals surface area contributed by atoms with Crippen LogP contribution in [0.4, 0.5) is 0 Å². The highest BCUT2D eigenvalue weighted by Crippen LogP contribution is 2.28. The van der Waals surface area contributed by atoms with Crippen LogP contribution in [0, 0.1) is 11.3 Å². The van der Waals surface area contributed by atoms with E-state index in [1.165, 1.54) is 0 Å². The fourth-order valence-electron chi connectivity index (χ4n) is 2.19. The van der Waals surface area contributed by atoms with Crippen LogP contribution in [0.25, 0.3) is 11.4 Å². The van der Waals surface area contributed by atoms with Gasteiger partial charge in [-0.15, -0.1) is 10.2 Å². The van der Waals surface area contributed by atoms with Gasteiger partial charge in [0.15, 0.2) is 11.6 Å². The van der Waals surface area contributed by atoms with E-state index in [2.05, 4.69) is 10.2 Å². The first kappa shape index (κ1) is 16.3. The summed E-state index contributed by atoms with van der Waals surface area (Å²) >= 11 is 12.3. The van der Waals surface area contributed by atoms with Gasteiger partial charge in [0.25, 0.3) is 0 Å². The Morgan fingerprint density at radius 3 is 2.62 bits per heavy atom. The van der Waals surface area contributed by atoms with Crippen molar-refractivity contribution in [2.24, 2.45) is 7.05 Å². The molecule has 0 aliphatic carbocycles. The van der Waals surface area contributed by atoms with Gasteiger partial charge in [0.2, 0.25) is 0 Å². The summed E-state index contributed by atoms with van der Waals surface area (Å²) in [6.07, 6.45) is 0. The number of aromatic nitrogens is 3. The fraction of sp³-hybridized carbons (Fsp3) is 0.118. The summed E-state index contributed by atoms with van der Waals surface area (Å²) in [7, 11) is 1.84. The van der Waals surface area contributed by atoms with Crippen molar-refractivity contribution in [3.05, 3.63) is 63.9 Å². The smallest absolute Gasteiger partial charge is 0.171 e. The van der Waals surface area contributed by atoms with Crippen LogP contribution in [0.2, 0.25) is 10.0 Å². The van der Waals surface area contributed by atoms with Gasteiger partial charge in [-0.2, -0.15) is 5.26 Å². The third-order valence-corrected chi connectivity index (χ3v) is 4.12. The van der Waals surface area contributed by atoms with Crippen LogP contribution in [0.15, 0.2) is 42.5 Å². The van der Waals surface area contributed by atoms with Crippen LogP contribution in [-0.4, -0.2) is 14.8 Å². The van der Waals surface area contributed by atoms with Gasteiger partial charge >= 0.3 is 0 Å². The van der Waals surface area contributed by atoms with Crippen LogP contribution < -0.4 is 4.74 Å². The van der Waals surface area contributed by atoms with E-state index >= 15 is 0 Å². The molecule has 1 aromatic heterocycles. The molecule has 120 valence electrons. The zero-order valence-corrected chi connectivity index (χ0v) is 14.2. The van der Waals surface area contributed by atoms with Crippen molar-refractivity contribution < 1.29 is 4.74 Å². The van der Waals surface area contributed by atoms with Crippen LogP contribution in [0.1, 0.15) is 11.4 Å². The maximum Gasteiger partial charge on any atom is 0.171 e. The minimum Gasteiger partial charge on any atom is -0.484 e. The Morgan fingerprint density at radius 2 is 1.92 bits per heavy atom. The molecule has 2 aromatic carbocycles. The van der Waals surface area contributed by atoms with Crippen LogP contribution in [0.3, 0.4) is 0 Å². The van der Waals surface area contributed by atoms with E-state index in [0.29, 0.717) is 33.0 Å². The third-order valence-electron chi connectivity index (χ3n) is 3.50. The van der Waals surface area contributed by atoms with Crippen molar-refractivity contribution in [1.82, 2.24) is 14.8 Å². The molecule has 0 N–H and O–H groups in total. The largest absolute Gasteiger partial charge is 0.484 e. The number of nitrogens with zero attached hydrogens (tertiary/aromatic N) is 4. The van der Waals surface area contributed by atoms with Crippen molar-refractivity contribution >= 4 is 23.2 Å². The number of rotatable bonds is 4. The molecule has 0 bridgehead atoms. The van der Waals surface area contributed by atoms with Gasteiger partial charge in [-0.3, -0.25) is 0 Å². The Bertz CT molecular complexity index is 931. The quantitative estimate of drug-likeness (QED) is 0.699. The second kappa shape index (κ2) is 6.91. The summed E-state index contributed by atoms with van der Waals surface area (Å²) < 4.78 is 7.50. The average molecular weight is 359 g/mol. The zero-order chi connectivity index (χ0) is 17.1. The van der Waals surface area contributed by atoms with Crippen molar-refractivity contribution in [3.8, 4) is 23.2 Å². The van der Waals surface area contributed by atoms with Gasteiger partial charge in [0.1, 0.15) is 12.4 Å². The molecule has 0 amide bonds. The standard InChI is InChI=1S/C17H12Cl2N4O/c1-23-16(10-24-15-7-6-11(9-20)8-14(15)19)21-22-17(23)12-4-2-3-5-13(12)18/h2-8H,10H2,1H3. The molecule has 5 nitrogen and oxygen atoms in total. The minimum atomic E-state index is 0.194. The summed E-state index contributed by atoms with van der Waals surface area (Å²) in [6.45, 7) is 0.194. The molecule has 0 atom stereocenters. The molecule has 0 aliphatic rings. The second-order valence-electron chi connectivity index (χ2n) is 5.02. The average Bonchev–Trinajstić information content (AvgIpc) is 2.95. The topological polar surface area (TPSA) is 63.7 Å². The summed E-state index contributed by atoms with van der Waals surface area (Å²) in [4.78, 5) is 0. The maximum atomic E-state index is 8.85. The van der Waals surface area contributed by atoms with E-state index in [9.17, 15) is 0 Å². The van der Waals surface area contributed by atoms with E-state index in [1.54, 1.807) is 24.3 Å². The van der Waals surface area contributed by atoms with Gasteiger partial charge < -0.3 is 9.30 Å². The Hall–Kier alpha value is -2.55. The lowest BCUT2D eigenvalue weighted by atomic mass is 10.2. The number of hydrogen-bond donors (Lipinski definition) is 0. The Kier molecular flexibility index (Phi) is 4.70. The van der Waals surface area contributed by atoms with Crippen molar-refractivity contribution in [2.75, 3.05) is 0 Å². The Morgan fingerprint density at radius 1 is 1.12 bits per heavy atom. The highest BCUT2D eigenvalue weighted by molar-refractivity contribution is 6.33. The number of ether oxygens (including phenoxy) is 1. The molecule has 0 aliphatic heterocycles. The first-order valence-corrected chi connectivity index (χ1v) is 7.81. The highest BCUT2D eigenvalue weighted by atomic mass is 35.5. The molecule has 0 radical (unpaired) electrons. The zero-order valence-electron chi connectivity index (χ0n) is 12.7. The SMILES string of the molecule is Cn1c(COc2ccc(C#N)cc2Cl)nnc1-c1ccccc1Cl. The minimum absolute atomic E-state index is 0.194. The van der Waals surface area contributed by atoms with Crippen molar-refractivity contribution in [3.63, 3.8) is 0 Å². The normalized spacial score (nSPS) is 10.4. The summed E-state index contributed by atoms with van der Waals surface area (Å²) in [6, 6.07) is 14.3. The molecule has 1 heterocycles. The van der Waals surface area contributed by atoms with Gasteiger partial charge in [0.05, 0.1) is 21.7 Å². The van der Waals surface area contributed by atoms with E-state index in [4.69, 9.17) is 33.2 Å². The van der Waals surface area contributed by atoms with Crippen molar-refractivity contribution in [1.29, 1.82) is 5.26 Å². The fourth-order valence-corrected chi connectivity index (χ4v) is 2.65. The van der Waals surface area contributed by atoms with Crippen molar-refractivity contribution in [2.45, 2.75) is 6.61 Å². The first-order chi connectivity index (χ1) is 11.6. The second-order valence-corrected chi connectivity index (χ2v) is 5.84. The molecular weight excluding hydrogens is 347 g/mol. The third kappa shape index (κ3) is 3.21. The molecule has 3 rings (SSSR count). The molecule has 0 unspecified atom stereocenters. The highest BCUT2D eigenvalue weighted by Gasteiger charge is 2.14. The predicted octanol–water partition coefficient (Wildman–Crippen LogP) is 4.24. The number of benzene rings is 2. The number of nitriles is 1. The summed E-state index contributed by atoms with van der Waals surface area (Å²) in [5, 5.41) is 18.2. The van der Waals surface area contributed by atoms with Crippen LogP contribution in [0.5, 0.6) is 5.75 Å². The maximum absolute atomic E-state index is 8.85. The van der Waals surface area contributed by atoms with E-state index in [0.717, 1.165) is 5.56 Å². The lowest BCUT2D eigenvalue weighted by Crippen LogP contribution is -2.05. The van der Waals surface area contributed by atoms with E-state index in [-0.39, 0.29) is 6.61 Å². The van der Waals surface area contributed by atoms with Gasteiger partial charge in [-0.1, -0.05) is 35.3 Å². The monoisotopic (exact) mass is 358 g/mol. The Balaban J connectivity index is 1.80. The lowest BCUT2D eigenvalue weighted by Gasteiger charge is -2.09. The Labute approximate surface area is 149 Å². The van der Waals surface area contributed by atoms with Crippen LogP contribution >= 0.6 is 23.2 Å². The van der Waals surface area contributed by atoms with Crippen LogP contribution in [-0.2, 0) is 13.7 Å². The number of hydrogen-bond acceptors (Lipinski definition) is 4. The van der Waals surface area contributed by atoms with Gasteiger partial charge in [0, 0.05) is 12.6 Å². The summed E-state index contributed by atoms with van der Waals surface area (Å²) in [5.41, 5.74) is 1.28. The molecule has 0 spiro atoms. The molecule has 24 heavy (non-hydrogen) atoms. The molecule has 0 fully saturated rings.